The highest BCUT2D eigenvalue weighted by molar-refractivity contribution is 6.50. The van der Waals surface area contributed by atoms with Crippen molar-refractivity contribution >= 4 is 7.12 Å². The van der Waals surface area contributed by atoms with Crippen molar-refractivity contribution in [2.75, 3.05) is 0 Å². The van der Waals surface area contributed by atoms with E-state index in [1.807, 2.05) is 6.92 Å². The fourth-order valence-corrected chi connectivity index (χ4v) is 3.94. The van der Waals surface area contributed by atoms with Crippen molar-refractivity contribution in [2.45, 2.75) is 76.3 Å². The zero-order chi connectivity index (χ0) is 21.3. The lowest BCUT2D eigenvalue weighted by Gasteiger charge is -2.49. The van der Waals surface area contributed by atoms with Crippen LogP contribution in [0, 0.1) is 5.92 Å². The minimum Gasteiger partial charge on any atom is -0.403 e. The molecule has 2 atom stereocenters. The van der Waals surface area contributed by atoms with Gasteiger partial charge in [0, 0.05) is 5.31 Å². The molecule has 0 unspecified atom stereocenters. The van der Waals surface area contributed by atoms with Gasteiger partial charge in [-0.3, -0.25) is 0 Å². The van der Waals surface area contributed by atoms with Gasteiger partial charge in [-0.15, -0.1) is 0 Å². The molecular formula is C19H23BF6O2. The number of rotatable bonds is 2. The van der Waals surface area contributed by atoms with Crippen molar-refractivity contribution in [1.82, 2.24) is 0 Å². The Kier molecular flexibility index (Phi) is 4.71. The van der Waals surface area contributed by atoms with Crippen LogP contribution < -0.4 is 0 Å². The Morgan fingerprint density at radius 2 is 1.29 bits per heavy atom. The van der Waals surface area contributed by atoms with Crippen LogP contribution in [0.5, 0.6) is 0 Å². The van der Waals surface area contributed by atoms with Crippen LogP contribution in [-0.2, 0) is 27.0 Å². The molecule has 9 heteroatoms. The average Bonchev–Trinajstić information content (AvgIpc) is 2.72. The Morgan fingerprint density at radius 3 is 1.57 bits per heavy atom. The summed E-state index contributed by atoms with van der Waals surface area (Å²) in [7, 11) is -0.925. The van der Waals surface area contributed by atoms with Gasteiger partial charge in [-0.05, 0) is 70.2 Å². The summed E-state index contributed by atoms with van der Waals surface area (Å²) in [6, 6.07) is 1.79. The van der Waals surface area contributed by atoms with Crippen molar-refractivity contribution in [2.24, 2.45) is 5.92 Å². The monoisotopic (exact) mass is 408 g/mol. The second-order valence-electron chi connectivity index (χ2n) is 8.86. The summed E-state index contributed by atoms with van der Waals surface area (Å²) >= 11 is 0. The Balaban J connectivity index is 2.16. The number of alkyl halides is 6. The predicted octanol–water partition coefficient (Wildman–Crippen LogP) is 6.02. The predicted molar refractivity (Wildman–Crippen MR) is 92.6 cm³/mol. The molecule has 0 radical (unpaired) electrons. The summed E-state index contributed by atoms with van der Waals surface area (Å²) in [5.41, 5.74) is -4.14. The van der Waals surface area contributed by atoms with E-state index < -0.39 is 47.1 Å². The first-order chi connectivity index (χ1) is 12.5. The highest BCUT2D eigenvalue weighted by atomic mass is 19.4. The van der Waals surface area contributed by atoms with Crippen molar-refractivity contribution in [1.29, 1.82) is 0 Å². The molecule has 1 saturated heterocycles. The zero-order valence-corrected chi connectivity index (χ0v) is 16.4. The summed E-state index contributed by atoms with van der Waals surface area (Å²) in [6.07, 6.45) is -8.72. The smallest absolute Gasteiger partial charge is 0.403 e. The van der Waals surface area contributed by atoms with Crippen LogP contribution >= 0.6 is 0 Å². The Bertz CT molecular complexity index is 722. The molecule has 1 aromatic rings. The van der Waals surface area contributed by atoms with Crippen LogP contribution in [0.4, 0.5) is 26.3 Å². The van der Waals surface area contributed by atoms with E-state index in [1.54, 1.807) is 27.7 Å². The number of halogens is 6. The standard InChI is InChI=1S/C19H23BF6O2/c1-11-6-7-17(11,20-27-15(2,3)16(4,5)28-20)12-8-13(18(21,22)23)10-14(9-12)19(24,25)26/h8-11H,6-7H2,1-5H3/t11-,17+/m1/s1. The molecule has 28 heavy (non-hydrogen) atoms. The van der Waals surface area contributed by atoms with Crippen molar-refractivity contribution in [3.05, 3.63) is 34.9 Å². The van der Waals surface area contributed by atoms with Gasteiger partial charge in [0.2, 0.25) is 0 Å². The van der Waals surface area contributed by atoms with E-state index in [2.05, 4.69) is 0 Å². The first-order valence-corrected chi connectivity index (χ1v) is 9.16. The molecule has 1 saturated carbocycles. The molecular weight excluding hydrogens is 385 g/mol. The topological polar surface area (TPSA) is 18.5 Å². The average molecular weight is 408 g/mol. The van der Waals surface area contributed by atoms with E-state index in [0.717, 1.165) is 12.1 Å². The minimum absolute atomic E-state index is 0.0353. The summed E-state index contributed by atoms with van der Waals surface area (Å²) in [4.78, 5) is 0. The summed E-state index contributed by atoms with van der Waals surface area (Å²) < 4.78 is 92.1. The molecule has 1 aliphatic heterocycles. The van der Waals surface area contributed by atoms with Crippen LogP contribution in [0.2, 0.25) is 0 Å². The van der Waals surface area contributed by atoms with Gasteiger partial charge >= 0.3 is 19.5 Å². The van der Waals surface area contributed by atoms with Crippen molar-refractivity contribution < 1.29 is 35.7 Å². The maximum absolute atomic E-state index is 13.3. The summed E-state index contributed by atoms with van der Waals surface area (Å²) in [5.74, 6) is -0.188. The molecule has 1 heterocycles. The third kappa shape index (κ3) is 3.24. The molecule has 0 aromatic heterocycles. The third-order valence-corrected chi connectivity index (χ3v) is 6.67. The van der Waals surface area contributed by atoms with Gasteiger partial charge in [-0.1, -0.05) is 6.92 Å². The van der Waals surface area contributed by atoms with Crippen molar-refractivity contribution in [3.8, 4) is 0 Å². The largest absolute Gasteiger partial charge is 0.469 e. The number of benzene rings is 1. The lowest BCUT2D eigenvalue weighted by Crippen LogP contribution is -2.56. The maximum Gasteiger partial charge on any atom is 0.469 e. The van der Waals surface area contributed by atoms with Gasteiger partial charge in [0.25, 0.3) is 0 Å². The van der Waals surface area contributed by atoms with E-state index in [1.165, 1.54) is 0 Å². The molecule has 0 bridgehead atoms. The second kappa shape index (κ2) is 6.14. The van der Waals surface area contributed by atoms with E-state index >= 15 is 0 Å². The van der Waals surface area contributed by atoms with E-state index in [-0.39, 0.29) is 17.5 Å². The van der Waals surface area contributed by atoms with E-state index in [4.69, 9.17) is 9.31 Å². The fraction of sp³-hybridized carbons (Fsp3) is 0.684. The molecule has 2 nitrogen and oxygen atoms in total. The summed E-state index contributed by atoms with van der Waals surface area (Å²) in [5, 5.41) is -1.06. The lowest BCUT2D eigenvalue weighted by molar-refractivity contribution is -0.143. The van der Waals surface area contributed by atoms with Crippen LogP contribution in [-0.4, -0.2) is 18.3 Å². The van der Waals surface area contributed by atoms with Gasteiger partial charge in [0.15, 0.2) is 0 Å². The molecule has 2 aliphatic rings. The Morgan fingerprint density at radius 1 is 0.857 bits per heavy atom. The van der Waals surface area contributed by atoms with Crippen LogP contribution in [0.25, 0.3) is 0 Å². The number of hydrogen-bond acceptors (Lipinski definition) is 2. The fourth-order valence-electron chi connectivity index (χ4n) is 3.94. The highest BCUT2D eigenvalue weighted by Gasteiger charge is 2.64. The van der Waals surface area contributed by atoms with Gasteiger partial charge in [0.05, 0.1) is 22.3 Å². The summed E-state index contributed by atoms with van der Waals surface area (Å²) in [6.45, 7) is 9.02. The SMILES string of the molecule is C[C@@H]1CC[C@@]1(B1OC(C)(C)C(C)(C)O1)c1cc(C(F)(F)F)cc(C(F)(F)F)c1. The molecule has 156 valence electrons. The van der Waals surface area contributed by atoms with Crippen molar-refractivity contribution in [3.63, 3.8) is 0 Å². The highest BCUT2D eigenvalue weighted by Crippen LogP contribution is 2.56. The molecule has 1 aromatic carbocycles. The Labute approximate surface area is 160 Å². The number of hydrogen-bond donors (Lipinski definition) is 0. The van der Waals surface area contributed by atoms with Crippen LogP contribution in [0.15, 0.2) is 18.2 Å². The lowest BCUT2D eigenvalue weighted by atomic mass is 9.39. The normalized spacial score (nSPS) is 29.7. The first-order valence-electron chi connectivity index (χ1n) is 9.16. The quantitative estimate of drug-likeness (QED) is 0.440. The van der Waals surface area contributed by atoms with E-state index in [9.17, 15) is 26.3 Å². The second-order valence-corrected chi connectivity index (χ2v) is 8.86. The third-order valence-electron chi connectivity index (χ3n) is 6.67. The molecule has 0 spiro atoms. The molecule has 3 rings (SSSR count). The Hall–Kier alpha value is -1.22. The minimum atomic E-state index is -4.89. The van der Waals surface area contributed by atoms with E-state index in [0.29, 0.717) is 12.8 Å². The molecule has 2 fully saturated rings. The van der Waals surface area contributed by atoms with Crippen LogP contribution in [0.1, 0.15) is 64.2 Å². The first kappa shape index (κ1) is 21.5. The van der Waals surface area contributed by atoms with Gasteiger partial charge in [-0.25, -0.2) is 0 Å². The molecule has 0 N–H and O–H groups in total. The van der Waals surface area contributed by atoms with Gasteiger partial charge in [-0.2, -0.15) is 26.3 Å². The molecule has 1 aliphatic carbocycles. The van der Waals surface area contributed by atoms with Crippen LogP contribution in [0.3, 0.4) is 0 Å². The molecule has 0 amide bonds. The van der Waals surface area contributed by atoms with Gasteiger partial charge in [0.1, 0.15) is 0 Å². The maximum atomic E-state index is 13.3. The zero-order valence-electron chi connectivity index (χ0n) is 16.4. The van der Waals surface area contributed by atoms with Gasteiger partial charge < -0.3 is 9.31 Å².